The molecule has 5 heteroatoms. The molecule has 0 fully saturated rings. The largest absolute Gasteiger partial charge is 0.354 e. The van der Waals surface area contributed by atoms with E-state index in [1.165, 1.54) is 4.88 Å². The molecule has 0 N–H and O–H groups in total. The first-order valence-corrected chi connectivity index (χ1v) is 8.21. The van der Waals surface area contributed by atoms with Crippen molar-refractivity contribution in [2.45, 2.75) is 39.1 Å². The SMILES string of the molecule is CCCc1cc(CCl)cc(N(C)Cc2scnc2C)n1. The van der Waals surface area contributed by atoms with Crippen molar-refractivity contribution < 1.29 is 0 Å². The number of thiazole rings is 1. The molecule has 0 bridgehead atoms. The summed E-state index contributed by atoms with van der Waals surface area (Å²) in [5, 5.41) is 0. The van der Waals surface area contributed by atoms with Gasteiger partial charge in [-0.15, -0.1) is 22.9 Å². The van der Waals surface area contributed by atoms with Crippen molar-refractivity contribution in [1.29, 1.82) is 0 Å². The third-order valence-corrected chi connectivity index (χ3v) is 4.43. The molecule has 20 heavy (non-hydrogen) atoms. The number of hydrogen-bond acceptors (Lipinski definition) is 4. The Balaban J connectivity index is 2.22. The highest BCUT2D eigenvalue weighted by Gasteiger charge is 2.10. The molecular weight excluding hydrogens is 290 g/mol. The molecule has 0 amide bonds. The van der Waals surface area contributed by atoms with Crippen molar-refractivity contribution in [3.05, 3.63) is 39.5 Å². The van der Waals surface area contributed by atoms with Crippen LogP contribution in [0.5, 0.6) is 0 Å². The van der Waals surface area contributed by atoms with Gasteiger partial charge in [0.2, 0.25) is 0 Å². The summed E-state index contributed by atoms with van der Waals surface area (Å²) >= 11 is 7.68. The first-order valence-electron chi connectivity index (χ1n) is 6.80. The van der Waals surface area contributed by atoms with Gasteiger partial charge in [0, 0.05) is 23.5 Å². The van der Waals surface area contributed by atoms with E-state index in [0.717, 1.165) is 42.2 Å². The Morgan fingerprint density at radius 2 is 2.15 bits per heavy atom. The van der Waals surface area contributed by atoms with Crippen LogP contribution < -0.4 is 4.90 Å². The van der Waals surface area contributed by atoms with Gasteiger partial charge in [-0.05, 0) is 31.0 Å². The zero-order valence-corrected chi connectivity index (χ0v) is 13.8. The van der Waals surface area contributed by atoms with E-state index < -0.39 is 0 Å². The fourth-order valence-electron chi connectivity index (χ4n) is 2.06. The van der Waals surface area contributed by atoms with Crippen LogP contribution in [0.1, 0.15) is 35.2 Å². The molecule has 0 aliphatic rings. The molecule has 2 aromatic rings. The highest BCUT2D eigenvalue weighted by atomic mass is 35.5. The monoisotopic (exact) mass is 309 g/mol. The molecule has 0 atom stereocenters. The average Bonchev–Trinajstić information content (AvgIpc) is 2.84. The summed E-state index contributed by atoms with van der Waals surface area (Å²) in [7, 11) is 2.06. The minimum atomic E-state index is 0.527. The molecule has 0 spiro atoms. The molecule has 2 rings (SSSR count). The van der Waals surface area contributed by atoms with Gasteiger partial charge in [0.05, 0.1) is 17.7 Å². The number of anilines is 1. The van der Waals surface area contributed by atoms with E-state index in [0.29, 0.717) is 5.88 Å². The van der Waals surface area contributed by atoms with E-state index in [1.54, 1.807) is 11.3 Å². The molecule has 0 aliphatic carbocycles. The average molecular weight is 310 g/mol. The molecule has 2 heterocycles. The van der Waals surface area contributed by atoms with Gasteiger partial charge in [-0.25, -0.2) is 9.97 Å². The van der Waals surface area contributed by atoms with Crippen LogP contribution in [-0.2, 0) is 18.8 Å². The van der Waals surface area contributed by atoms with Gasteiger partial charge in [-0.3, -0.25) is 0 Å². The van der Waals surface area contributed by atoms with Gasteiger partial charge < -0.3 is 4.90 Å². The van der Waals surface area contributed by atoms with Gasteiger partial charge in [-0.2, -0.15) is 0 Å². The first-order chi connectivity index (χ1) is 9.63. The predicted octanol–water partition coefficient (Wildman–Crippen LogP) is 4.17. The highest BCUT2D eigenvalue weighted by Crippen LogP contribution is 2.21. The summed E-state index contributed by atoms with van der Waals surface area (Å²) in [5.41, 5.74) is 5.24. The molecule has 0 saturated carbocycles. The van der Waals surface area contributed by atoms with Crippen LogP contribution >= 0.6 is 22.9 Å². The minimum Gasteiger partial charge on any atom is -0.354 e. The fourth-order valence-corrected chi connectivity index (χ4v) is 3.05. The standard InChI is InChI=1S/C15H20ClN3S/c1-4-5-13-6-12(8-16)7-15(18-13)19(3)9-14-11(2)17-10-20-14/h6-7,10H,4-5,8-9H2,1-3H3. The van der Waals surface area contributed by atoms with Crippen molar-refractivity contribution in [2.24, 2.45) is 0 Å². The number of hydrogen-bond donors (Lipinski definition) is 0. The maximum absolute atomic E-state index is 5.99. The minimum absolute atomic E-state index is 0.527. The zero-order chi connectivity index (χ0) is 14.5. The Morgan fingerprint density at radius 1 is 1.35 bits per heavy atom. The third-order valence-electron chi connectivity index (χ3n) is 3.20. The van der Waals surface area contributed by atoms with Crippen LogP contribution in [0.3, 0.4) is 0 Å². The van der Waals surface area contributed by atoms with Gasteiger partial charge in [0.1, 0.15) is 5.82 Å². The molecule has 0 aromatic carbocycles. The second-order valence-corrected chi connectivity index (χ2v) is 6.13. The highest BCUT2D eigenvalue weighted by molar-refractivity contribution is 7.09. The van der Waals surface area contributed by atoms with Crippen LogP contribution in [0.4, 0.5) is 5.82 Å². The zero-order valence-electron chi connectivity index (χ0n) is 12.2. The number of alkyl halides is 1. The summed E-state index contributed by atoms with van der Waals surface area (Å²) in [6, 6.07) is 4.17. The smallest absolute Gasteiger partial charge is 0.129 e. The Hall–Kier alpha value is -1.13. The Kier molecular flexibility index (Phi) is 5.38. The molecule has 108 valence electrons. The van der Waals surface area contributed by atoms with Crippen LogP contribution in [0.25, 0.3) is 0 Å². The van der Waals surface area contributed by atoms with Crippen molar-refractivity contribution in [2.75, 3.05) is 11.9 Å². The van der Waals surface area contributed by atoms with Crippen LogP contribution in [0.15, 0.2) is 17.6 Å². The summed E-state index contributed by atoms with van der Waals surface area (Å²) in [6.45, 7) is 5.05. The van der Waals surface area contributed by atoms with E-state index in [4.69, 9.17) is 16.6 Å². The number of pyridine rings is 1. The third kappa shape index (κ3) is 3.70. The number of aryl methyl sites for hydroxylation is 2. The molecule has 0 radical (unpaired) electrons. The van der Waals surface area contributed by atoms with Gasteiger partial charge >= 0.3 is 0 Å². The summed E-state index contributed by atoms with van der Waals surface area (Å²) in [6.07, 6.45) is 2.08. The maximum atomic E-state index is 5.99. The number of nitrogens with zero attached hydrogens (tertiary/aromatic N) is 3. The van der Waals surface area contributed by atoms with E-state index >= 15 is 0 Å². The number of aromatic nitrogens is 2. The Labute approximate surface area is 129 Å². The van der Waals surface area contributed by atoms with E-state index in [1.807, 2.05) is 12.4 Å². The second-order valence-electron chi connectivity index (χ2n) is 4.93. The van der Waals surface area contributed by atoms with Crippen molar-refractivity contribution in [3.8, 4) is 0 Å². The topological polar surface area (TPSA) is 29.0 Å². The summed E-state index contributed by atoms with van der Waals surface area (Å²) in [5.74, 6) is 1.51. The van der Waals surface area contributed by atoms with Gasteiger partial charge in [0.15, 0.2) is 0 Å². The van der Waals surface area contributed by atoms with Crippen molar-refractivity contribution >= 4 is 28.8 Å². The number of rotatable bonds is 6. The van der Waals surface area contributed by atoms with Gasteiger partial charge in [0.25, 0.3) is 0 Å². The second kappa shape index (κ2) is 7.04. The lowest BCUT2D eigenvalue weighted by Crippen LogP contribution is -2.18. The Bertz CT molecular complexity index is 568. The quantitative estimate of drug-likeness (QED) is 0.750. The maximum Gasteiger partial charge on any atom is 0.129 e. The van der Waals surface area contributed by atoms with E-state index in [-0.39, 0.29) is 0 Å². The summed E-state index contributed by atoms with van der Waals surface area (Å²) in [4.78, 5) is 12.5. The molecule has 3 nitrogen and oxygen atoms in total. The van der Waals surface area contributed by atoms with Crippen molar-refractivity contribution in [1.82, 2.24) is 9.97 Å². The lowest BCUT2D eigenvalue weighted by atomic mass is 10.1. The molecule has 2 aromatic heterocycles. The molecule has 0 aliphatic heterocycles. The summed E-state index contributed by atoms with van der Waals surface area (Å²) < 4.78 is 0. The van der Waals surface area contributed by atoms with E-state index in [9.17, 15) is 0 Å². The molecule has 0 unspecified atom stereocenters. The predicted molar refractivity (Wildman–Crippen MR) is 86.7 cm³/mol. The lowest BCUT2D eigenvalue weighted by Gasteiger charge is -2.19. The molecule has 0 saturated heterocycles. The van der Waals surface area contributed by atoms with Crippen LogP contribution in [0, 0.1) is 6.92 Å². The first kappa shape index (κ1) is 15.3. The number of halogens is 1. The molecular formula is C15H20ClN3S. The van der Waals surface area contributed by atoms with Crippen LogP contribution in [-0.4, -0.2) is 17.0 Å². The lowest BCUT2D eigenvalue weighted by molar-refractivity contribution is 0.848. The van der Waals surface area contributed by atoms with Crippen molar-refractivity contribution in [3.63, 3.8) is 0 Å². The van der Waals surface area contributed by atoms with E-state index in [2.05, 4.69) is 36.0 Å². The van der Waals surface area contributed by atoms with Gasteiger partial charge in [-0.1, -0.05) is 13.3 Å². The fraction of sp³-hybridized carbons (Fsp3) is 0.467. The van der Waals surface area contributed by atoms with Crippen LogP contribution in [0.2, 0.25) is 0 Å². The Morgan fingerprint density at radius 3 is 2.75 bits per heavy atom. The normalized spacial score (nSPS) is 10.8.